The number of allylic oxidation sites excluding steroid dienone is 1. The minimum absolute atomic E-state index is 0.904. The van der Waals surface area contributed by atoms with Crippen LogP contribution in [-0.4, -0.2) is 11.7 Å². The molecular weight excluding hydrogens is 208 g/mol. The number of aromatic nitrogens is 1. The van der Waals surface area contributed by atoms with Gasteiger partial charge in [0.1, 0.15) is 0 Å². The van der Waals surface area contributed by atoms with E-state index in [1.165, 1.54) is 0 Å². The second kappa shape index (κ2) is 5.21. The molecule has 0 amide bonds. The Morgan fingerprint density at radius 2 is 1.94 bits per heavy atom. The van der Waals surface area contributed by atoms with Crippen LogP contribution in [0, 0.1) is 0 Å². The molecule has 2 rings (SSSR count). The monoisotopic (exact) mass is 222 g/mol. The van der Waals surface area contributed by atoms with Gasteiger partial charge >= 0.3 is 0 Å². The Balaban J connectivity index is 2.45. The van der Waals surface area contributed by atoms with Crippen LogP contribution in [0.15, 0.2) is 59.9 Å². The van der Waals surface area contributed by atoms with Crippen molar-refractivity contribution in [1.29, 1.82) is 0 Å². The van der Waals surface area contributed by atoms with E-state index in [1.54, 1.807) is 12.4 Å². The van der Waals surface area contributed by atoms with Gasteiger partial charge in [0, 0.05) is 18.0 Å². The number of aliphatic imine (C=N–C) groups is 1. The van der Waals surface area contributed by atoms with Gasteiger partial charge in [-0.05, 0) is 43.0 Å². The number of nitrogens with zero attached hydrogens (tertiary/aromatic N) is 2. The van der Waals surface area contributed by atoms with Gasteiger partial charge in [-0.2, -0.15) is 0 Å². The summed E-state index contributed by atoms with van der Waals surface area (Å²) in [7, 11) is 0. The molecule has 0 unspecified atom stereocenters. The molecule has 0 bridgehead atoms. The Labute approximate surface area is 101 Å². The van der Waals surface area contributed by atoms with Crippen LogP contribution in [0.2, 0.25) is 0 Å². The average Bonchev–Trinajstić information content (AvgIpc) is 2.42. The highest BCUT2D eigenvalue weighted by Gasteiger charge is 2.01. The molecule has 0 radical (unpaired) electrons. The molecule has 17 heavy (non-hydrogen) atoms. The standard InChI is InChI=1S/C15H14N2/c1-3-15(16-2)14-6-4-5-13(11-14)12-7-9-17-10-8-12/h3-11H,2H2,1H3/b15-3-. The second-order valence-electron chi connectivity index (χ2n) is 3.65. The summed E-state index contributed by atoms with van der Waals surface area (Å²) in [6.07, 6.45) is 5.55. The van der Waals surface area contributed by atoms with Crippen molar-refractivity contribution in [2.24, 2.45) is 4.99 Å². The van der Waals surface area contributed by atoms with Gasteiger partial charge in [-0.25, -0.2) is 0 Å². The van der Waals surface area contributed by atoms with Crippen LogP contribution in [0.25, 0.3) is 16.8 Å². The lowest BCUT2D eigenvalue weighted by Gasteiger charge is -2.05. The molecule has 2 nitrogen and oxygen atoms in total. The summed E-state index contributed by atoms with van der Waals surface area (Å²) in [6.45, 7) is 5.54. The van der Waals surface area contributed by atoms with Crippen molar-refractivity contribution in [3.63, 3.8) is 0 Å². The fourth-order valence-corrected chi connectivity index (χ4v) is 1.75. The average molecular weight is 222 g/mol. The first kappa shape index (κ1) is 11.3. The van der Waals surface area contributed by atoms with E-state index in [9.17, 15) is 0 Å². The van der Waals surface area contributed by atoms with E-state index in [0.29, 0.717) is 0 Å². The van der Waals surface area contributed by atoms with E-state index < -0.39 is 0 Å². The normalized spacial score (nSPS) is 11.2. The molecule has 0 saturated heterocycles. The maximum Gasteiger partial charge on any atom is 0.0652 e. The maximum absolute atomic E-state index is 4.02. The molecule has 0 aliphatic heterocycles. The van der Waals surface area contributed by atoms with Gasteiger partial charge in [-0.15, -0.1) is 0 Å². The number of pyridine rings is 1. The summed E-state index contributed by atoms with van der Waals surface area (Å²) in [4.78, 5) is 8.03. The van der Waals surface area contributed by atoms with Crippen LogP contribution in [-0.2, 0) is 0 Å². The SMILES string of the molecule is C=N/C(=C\C)c1cccc(-c2ccncc2)c1. The van der Waals surface area contributed by atoms with E-state index in [1.807, 2.05) is 37.3 Å². The predicted octanol–water partition coefficient (Wildman–Crippen LogP) is 3.81. The Morgan fingerprint density at radius 1 is 1.18 bits per heavy atom. The third-order valence-corrected chi connectivity index (χ3v) is 2.62. The predicted molar refractivity (Wildman–Crippen MR) is 72.9 cm³/mol. The molecule has 2 aromatic rings. The third-order valence-electron chi connectivity index (χ3n) is 2.62. The molecule has 0 fully saturated rings. The smallest absolute Gasteiger partial charge is 0.0652 e. The van der Waals surface area contributed by atoms with E-state index in [4.69, 9.17) is 0 Å². The fourth-order valence-electron chi connectivity index (χ4n) is 1.75. The van der Waals surface area contributed by atoms with Crippen molar-refractivity contribution in [2.75, 3.05) is 0 Å². The lowest BCUT2D eigenvalue weighted by Crippen LogP contribution is -1.83. The highest BCUT2D eigenvalue weighted by Crippen LogP contribution is 2.23. The summed E-state index contributed by atoms with van der Waals surface area (Å²) in [5.41, 5.74) is 4.30. The summed E-state index contributed by atoms with van der Waals surface area (Å²) >= 11 is 0. The molecule has 1 aromatic heterocycles. The van der Waals surface area contributed by atoms with Gasteiger partial charge in [-0.3, -0.25) is 9.98 Å². The molecular formula is C15H14N2. The van der Waals surface area contributed by atoms with Crippen LogP contribution in [0.4, 0.5) is 0 Å². The van der Waals surface area contributed by atoms with Crippen LogP contribution in [0.1, 0.15) is 12.5 Å². The first-order valence-corrected chi connectivity index (χ1v) is 5.49. The van der Waals surface area contributed by atoms with Crippen molar-refractivity contribution >= 4 is 12.4 Å². The van der Waals surface area contributed by atoms with Gasteiger partial charge in [0.15, 0.2) is 0 Å². The second-order valence-corrected chi connectivity index (χ2v) is 3.65. The molecule has 0 N–H and O–H groups in total. The molecule has 84 valence electrons. The van der Waals surface area contributed by atoms with E-state index in [-0.39, 0.29) is 0 Å². The number of hydrogen-bond acceptors (Lipinski definition) is 2. The molecule has 0 saturated carbocycles. The van der Waals surface area contributed by atoms with Crippen LogP contribution < -0.4 is 0 Å². The largest absolute Gasteiger partial charge is 0.265 e. The summed E-state index contributed by atoms with van der Waals surface area (Å²) in [5.74, 6) is 0. The number of benzene rings is 1. The number of rotatable bonds is 3. The van der Waals surface area contributed by atoms with Gasteiger partial charge in [0.25, 0.3) is 0 Å². The highest BCUT2D eigenvalue weighted by molar-refractivity contribution is 5.73. The van der Waals surface area contributed by atoms with Gasteiger partial charge in [0.2, 0.25) is 0 Å². The Bertz CT molecular complexity index is 542. The van der Waals surface area contributed by atoms with Gasteiger partial charge < -0.3 is 0 Å². The van der Waals surface area contributed by atoms with E-state index in [0.717, 1.165) is 22.4 Å². The van der Waals surface area contributed by atoms with Gasteiger partial charge in [-0.1, -0.05) is 24.3 Å². The Hall–Kier alpha value is -2.22. The van der Waals surface area contributed by atoms with E-state index >= 15 is 0 Å². The lowest BCUT2D eigenvalue weighted by molar-refractivity contribution is 1.33. The zero-order chi connectivity index (χ0) is 12.1. The fraction of sp³-hybridized carbons (Fsp3) is 0.0667. The minimum atomic E-state index is 0.904. The quantitative estimate of drug-likeness (QED) is 0.725. The Kier molecular flexibility index (Phi) is 3.46. The summed E-state index contributed by atoms with van der Waals surface area (Å²) in [5, 5.41) is 0. The molecule has 0 atom stereocenters. The van der Waals surface area contributed by atoms with Crippen LogP contribution >= 0.6 is 0 Å². The topological polar surface area (TPSA) is 25.2 Å². The molecule has 2 heteroatoms. The molecule has 0 spiro atoms. The van der Waals surface area contributed by atoms with Crippen molar-refractivity contribution in [1.82, 2.24) is 4.98 Å². The molecule has 0 aliphatic rings. The first-order valence-electron chi connectivity index (χ1n) is 5.49. The summed E-state index contributed by atoms with van der Waals surface area (Å²) < 4.78 is 0. The first-order chi connectivity index (χ1) is 8.35. The minimum Gasteiger partial charge on any atom is -0.265 e. The van der Waals surface area contributed by atoms with Crippen molar-refractivity contribution in [2.45, 2.75) is 6.92 Å². The zero-order valence-corrected chi connectivity index (χ0v) is 9.80. The summed E-state index contributed by atoms with van der Waals surface area (Å²) in [6, 6.07) is 12.2. The highest BCUT2D eigenvalue weighted by atomic mass is 14.7. The molecule has 1 heterocycles. The zero-order valence-electron chi connectivity index (χ0n) is 9.80. The van der Waals surface area contributed by atoms with Crippen molar-refractivity contribution in [3.05, 3.63) is 60.4 Å². The molecule has 1 aromatic carbocycles. The van der Waals surface area contributed by atoms with Crippen molar-refractivity contribution in [3.8, 4) is 11.1 Å². The van der Waals surface area contributed by atoms with Crippen molar-refractivity contribution < 1.29 is 0 Å². The molecule has 0 aliphatic carbocycles. The Morgan fingerprint density at radius 3 is 2.59 bits per heavy atom. The maximum atomic E-state index is 4.02. The lowest BCUT2D eigenvalue weighted by atomic mass is 10.0. The number of hydrogen-bond donors (Lipinski definition) is 0. The van der Waals surface area contributed by atoms with E-state index in [2.05, 4.69) is 28.8 Å². The third kappa shape index (κ3) is 2.48. The van der Waals surface area contributed by atoms with Crippen LogP contribution in [0.3, 0.4) is 0 Å². The van der Waals surface area contributed by atoms with Crippen LogP contribution in [0.5, 0.6) is 0 Å². The van der Waals surface area contributed by atoms with Gasteiger partial charge in [0.05, 0.1) is 5.70 Å².